The number of anilines is 1. The Morgan fingerprint density at radius 2 is 1.50 bits per heavy atom. The zero-order valence-electron chi connectivity index (χ0n) is 16.5. The van der Waals surface area contributed by atoms with Gasteiger partial charge in [0.15, 0.2) is 5.52 Å². The number of halogens is 2. The number of thiazole rings is 1. The molecule has 150 valence electrons. The molecule has 0 radical (unpaired) electrons. The maximum Gasteiger partial charge on any atom is 0.835 e. The summed E-state index contributed by atoms with van der Waals surface area (Å²) in [7, 11) is -0.387. The Morgan fingerprint density at radius 3 is 2.20 bits per heavy atom. The van der Waals surface area contributed by atoms with E-state index in [0.29, 0.717) is 21.7 Å². The second kappa shape index (κ2) is 6.95. The van der Waals surface area contributed by atoms with Gasteiger partial charge < -0.3 is 18.2 Å². The summed E-state index contributed by atoms with van der Waals surface area (Å²) in [6.45, 7) is 0. The van der Waals surface area contributed by atoms with Gasteiger partial charge >= 0.3 is 7.04 Å². The number of nitrogens with zero attached hydrogens (tertiary/aromatic N) is 2. The first-order valence-corrected chi connectivity index (χ1v) is 10.5. The van der Waals surface area contributed by atoms with Gasteiger partial charge in [-0.15, -0.1) is 0 Å². The Morgan fingerprint density at radius 1 is 0.833 bits per heavy atom. The van der Waals surface area contributed by atoms with Crippen LogP contribution in [0.3, 0.4) is 0 Å². The minimum absolute atomic E-state index is 0.211. The highest BCUT2D eigenvalue weighted by Crippen LogP contribution is 2.42. The van der Waals surface area contributed by atoms with Crippen molar-refractivity contribution in [3.8, 4) is 0 Å². The van der Waals surface area contributed by atoms with Crippen LogP contribution in [0.2, 0.25) is 0 Å². The van der Waals surface area contributed by atoms with E-state index in [0.717, 1.165) is 20.4 Å². The number of para-hydroxylation sites is 1. The van der Waals surface area contributed by atoms with Crippen molar-refractivity contribution < 1.29 is 17.8 Å². The van der Waals surface area contributed by atoms with Gasteiger partial charge in [0.05, 0.1) is 16.0 Å². The highest BCUT2D eigenvalue weighted by atomic mass is 32.1. The van der Waals surface area contributed by atoms with Crippen molar-refractivity contribution in [1.29, 1.82) is 0 Å². The summed E-state index contributed by atoms with van der Waals surface area (Å²) in [5.74, 6) is 0.211. The zero-order chi connectivity index (χ0) is 20.9. The number of hydrogen-bond acceptors (Lipinski definition) is 3. The molecule has 1 aromatic heterocycles. The lowest BCUT2D eigenvalue weighted by molar-refractivity contribution is -0.552. The van der Waals surface area contributed by atoms with Crippen LogP contribution in [0.25, 0.3) is 21.5 Å². The molecule has 4 aromatic rings. The quantitative estimate of drug-likeness (QED) is 0.412. The predicted molar refractivity (Wildman–Crippen MR) is 120 cm³/mol. The number of rotatable bonds is 3. The lowest BCUT2D eigenvalue weighted by atomic mass is 9.93. The monoisotopic (exact) mass is 420 g/mol. The standard InChI is InChI=1S/C23H19BF2N2OS/c1-27(2)18-14-12-17(13-15-18)22-21(16-8-4-3-5-9-16)23-28(24(25,26)29-22)19-10-6-7-11-20(19)30-23/h3-15H,1-2H3. The zero-order valence-corrected chi connectivity index (χ0v) is 17.4. The average Bonchev–Trinajstić information content (AvgIpc) is 3.14. The van der Waals surface area contributed by atoms with Crippen LogP contribution in [0, 0.1) is 0 Å². The van der Waals surface area contributed by atoms with Crippen LogP contribution in [0.15, 0.2) is 78.9 Å². The van der Waals surface area contributed by atoms with E-state index in [-0.39, 0.29) is 5.76 Å². The van der Waals surface area contributed by atoms with Crippen LogP contribution in [0.5, 0.6) is 0 Å². The lowest BCUT2D eigenvalue weighted by Crippen LogP contribution is -2.63. The Kier molecular flexibility index (Phi) is 4.36. The van der Waals surface area contributed by atoms with E-state index < -0.39 is 7.04 Å². The molecule has 1 aliphatic rings. The normalized spacial score (nSPS) is 15.1. The van der Waals surface area contributed by atoms with E-state index in [1.807, 2.05) is 85.7 Å². The third-order valence-corrected chi connectivity index (χ3v) is 6.42. The molecule has 30 heavy (non-hydrogen) atoms. The average molecular weight is 420 g/mol. The van der Waals surface area contributed by atoms with Crippen LogP contribution < -0.4 is 9.38 Å². The summed E-state index contributed by atoms with van der Waals surface area (Å²) in [6.07, 6.45) is 0. The molecule has 0 N–H and O–H groups in total. The van der Waals surface area contributed by atoms with E-state index in [4.69, 9.17) is 4.65 Å². The second-order valence-electron chi connectivity index (χ2n) is 7.44. The van der Waals surface area contributed by atoms with Gasteiger partial charge in [0.25, 0.3) is 0 Å². The molecule has 0 atom stereocenters. The molecule has 3 aromatic carbocycles. The van der Waals surface area contributed by atoms with Gasteiger partial charge in [0, 0.05) is 31.4 Å². The van der Waals surface area contributed by atoms with Gasteiger partial charge in [-0.2, -0.15) is 0 Å². The fraction of sp³-hybridized carbons (Fsp3) is 0.0870. The van der Waals surface area contributed by atoms with Crippen LogP contribution in [-0.4, -0.2) is 21.1 Å². The summed E-state index contributed by atoms with van der Waals surface area (Å²) in [6, 6.07) is 24.3. The predicted octanol–water partition coefficient (Wildman–Crippen LogP) is 5.42. The summed E-state index contributed by atoms with van der Waals surface area (Å²) < 4.78 is 38.1. The largest absolute Gasteiger partial charge is 0.835 e. The highest BCUT2D eigenvalue weighted by Gasteiger charge is 2.54. The molecule has 0 saturated carbocycles. The summed E-state index contributed by atoms with van der Waals surface area (Å²) in [5, 5.41) is 0.505. The van der Waals surface area contributed by atoms with E-state index in [9.17, 15) is 0 Å². The Labute approximate surface area is 177 Å². The van der Waals surface area contributed by atoms with Gasteiger partial charge in [-0.1, -0.05) is 53.8 Å². The van der Waals surface area contributed by atoms with Crippen LogP contribution in [0.4, 0.5) is 14.3 Å². The number of aromatic nitrogens is 1. The Bertz CT molecular complexity index is 1270. The molecule has 5 rings (SSSR count). The fourth-order valence-electron chi connectivity index (χ4n) is 3.81. The van der Waals surface area contributed by atoms with Crippen LogP contribution in [0.1, 0.15) is 16.1 Å². The maximum atomic E-state index is 15.4. The molecular weight excluding hydrogens is 401 g/mol. The van der Waals surface area contributed by atoms with Crippen molar-refractivity contribution in [3.63, 3.8) is 0 Å². The molecule has 1 aliphatic heterocycles. The van der Waals surface area contributed by atoms with Gasteiger partial charge in [0.1, 0.15) is 0 Å². The van der Waals surface area contributed by atoms with E-state index in [1.165, 1.54) is 11.3 Å². The summed E-state index contributed by atoms with van der Waals surface area (Å²) in [5.41, 5.74) is 3.63. The molecule has 0 spiro atoms. The smallest absolute Gasteiger partial charge is 0.598 e. The van der Waals surface area contributed by atoms with E-state index in [2.05, 4.69) is 0 Å². The minimum atomic E-state index is -4.27. The van der Waals surface area contributed by atoms with Crippen molar-refractivity contribution >= 4 is 45.6 Å². The Hall–Kier alpha value is -3.19. The molecule has 0 fully saturated rings. The van der Waals surface area contributed by atoms with Crippen molar-refractivity contribution in [3.05, 3.63) is 95.0 Å². The van der Waals surface area contributed by atoms with Crippen LogP contribution in [-0.2, 0) is 4.65 Å². The molecule has 0 bridgehead atoms. The highest BCUT2D eigenvalue weighted by molar-refractivity contribution is 7.19. The first kappa shape index (κ1) is 18.8. The molecule has 7 heteroatoms. The molecular formula is C23H19BF2N2OS. The van der Waals surface area contributed by atoms with E-state index >= 15 is 8.63 Å². The minimum Gasteiger partial charge on any atom is -0.598 e. The van der Waals surface area contributed by atoms with Crippen molar-refractivity contribution in [1.82, 2.24) is 0 Å². The maximum absolute atomic E-state index is 15.4. The van der Waals surface area contributed by atoms with Gasteiger partial charge in [-0.05, 0) is 35.9 Å². The molecule has 0 unspecified atom stereocenters. The van der Waals surface area contributed by atoms with Crippen molar-refractivity contribution in [2.45, 2.75) is 0 Å². The molecule has 3 nitrogen and oxygen atoms in total. The van der Waals surface area contributed by atoms with Crippen LogP contribution >= 0.6 is 11.3 Å². The number of fused-ring (bicyclic) bond motifs is 3. The lowest BCUT2D eigenvalue weighted by Gasteiger charge is -2.30. The number of benzene rings is 3. The first-order valence-electron chi connectivity index (χ1n) is 9.67. The van der Waals surface area contributed by atoms with E-state index in [1.54, 1.807) is 12.1 Å². The Balaban J connectivity index is 1.82. The van der Waals surface area contributed by atoms with Gasteiger partial charge in [-0.25, -0.2) is 0 Å². The fourth-order valence-corrected chi connectivity index (χ4v) is 5.07. The molecule has 0 saturated heterocycles. The third-order valence-electron chi connectivity index (χ3n) is 5.26. The van der Waals surface area contributed by atoms with Crippen molar-refractivity contribution in [2.24, 2.45) is 0 Å². The SMILES string of the molecule is CN(C)c1ccc(C2=C(c3ccccc3)c3sc4ccccc4[n+]3[B-](F)(F)O2)cc1. The summed E-state index contributed by atoms with van der Waals surface area (Å²) >= 11 is 1.36. The molecule has 0 amide bonds. The van der Waals surface area contributed by atoms with Crippen molar-refractivity contribution in [2.75, 3.05) is 19.0 Å². The summed E-state index contributed by atoms with van der Waals surface area (Å²) in [4.78, 5) is 1.97. The molecule has 2 heterocycles. The topological polar surface area (TPSA) is 16.4 Å². The van der Waals surface area contributed by atoms with Gasteiger partial charge in [-0.3, -0.25) is 4.48 Å². The first-order chi connectivity index (χ1) is 14.5. The molecule has 0 aliphatic carbocycles. The second-order valence-corrected chi connectivity index (χ2v) is 8.47. The third kappa shape index (κ3) is 2.97. The number of hydrogen-bond donors (Lipinski definition) is 0. The van der Waals surface area contributed by atoms with Gasteiger partial charge in [0.2, 0.25) is 5.01 Å².